The average Bonchev–Trinajstić information content (AvgIpc) is 2.76. The lowest BCUT2D eigenvalue weighted by molar-refractivity contribution is -0.119. The highest BCUT2D eigenvalue weighted by Gasteiger charge is 2.17. The van der Waals surface area contributed by atoms with Crippen LogP contribution in [-0.2, 0) is 4.79 Å². The minimum atomic E-state index is -0.238. The monoisotopic (exact) mass is 388 g/mol. The van der Waals surface area contributed by atoms with Crippen LogP contribution in [0, 0.1) is 0 Å². The minimum absolute atomic E-state index is 0.0907. The molecule has 0 spiro atoms. The molecule has 3 aromatic carbocycles. The maximum absolute atomic E-state index is 12.8. The molecule has 0 aliphatic rings. The van der Waals surface area contributed by atoms with Crippen molar-refractivity contribution in [2.24, 2.45) is 0 Å². The summed E-state index contributed by atoms with van der Waals surface area (Å²) in [6.45, 7) is 2.27. The molecule has 0 aliphatic carbocycles. The molecule has 3 aromatic rings. The number of ether oxygens (including phenoxy) is 1. The highest BCUT2D eigenvalue weighted by atomic mass is 16.5. The number of carbonyl (C=O) groups is 2. The van der Waals surface area contributed by atoms with E-state index in [4.69, 9.17) is 4.74 Å². The lowest BCUT2D eigenvalue weighted by Crippen LogP contribution is -2.29. The number of benzene rings is 3. The summed E-state index contributed by atoms with van der Waals surface area (Å²) in [7, 11) is 0. The third-order valence-corrected chi connectivity index (χ3v) is 4.40. The van der Waals surface area contributed by atoms with Crippen LogP contribution < -0.4 is 15.4 Å². The second-order valence-corrected chi connectivity index (χ2v) is 6.58. The van der Waals surface area contributed by atoms with Crippen LogP contribution in [0.3, 0.4) is 0 Å². The third-order valence-electron chi connectivity index (χ3n) is 4.40. The van der Waals surface area contributed by atoms with Crippen LogP contribution in [0.15, 0.2) is 84.9 Å². The predicted molar refractivity (Wildman–Crippen MR) is 113 cm³/mol. The summed E-state index contributed by atoms with van der Waals surface area (Å²) in [5.41, 5.74) is 2.59. The Kier molecular flexibility index (Phi) is 7.00. The fourth-order valence-corrected chi connectivity index (χ4v) is 2.96. The lowest BCUT2D eigenvalue weighted by atomic mass is 9.98. The van der Waals surface area contributed by atoms with Crippen molar-refractivity contribution in [3.8, 4) is 5.75 Å². The van der Waals surface area contributed by atoms with Crippen LogP contribution >= 0.6 is 0 Å². The first-order chi connectivity index (χ1) is 14.1. The van der Waals surface area contributed by atoms with Gasteiger partial charge in [0.2, 0.25) is 5.91 Å². The van der Waals surface area contributed by atoms with Crippen LogP contribution in [0.5, 0.6) is 5.75 Å². The fraction of sp³-hybridized carbons (Fsp3) is 0.167. The van der Waals surface area contributed by atoms with Crippen molar-refractivity contribution in [1.29, 1.82) is 0 Å². The Morgan fingerprint density at radius 3 is 1.90 bits per heavy atom. The molecule has 0 aromatic heterocycles. The zero-order valence-corrected chi connectivity index (χ0v) is 16.3. The summed E-state index contributed by atoms with van der Waals surface area (Å²) in [6.07, 6.45) is 0. The zero-order chi connectivity index (χ0) is 20.5. The van der Waals surface area contributed by atoms with E-state index in [1.807, 2.05) is 60.7 Å². The van der Waals surface area contributed by atoms with Gasteiger partial charge in [0, 0.05) is 12.5 Å². The minimum Gasteiger partial charge on any atom is -0.492 e. The van der Waals surface area contributed by atoms with Gasteiger partial charge in [0.05, 0.1) is 12.6 Å². The van der Waals surface area contributed by atoms with Crippen molar-refractivity contribution in [1.82, 2.24) is 10.6 Å². The first-order valence-electron chi connectivity index (χ1n) is 9.51. The molecule has 3 rings (SSSR count). The average molecular weight is 388 g/mol. The van der Waals surface area contributed by atoms with Gasteiger partial charge in [-0.15, -0.1) is 0 Å². The van der Waals surface area contributed by atoms with Gasteiger partial charge in [0.1, 0.15) is 12.4 Å². The summed E-state index contributed by atoms with van der Waals surface area (Å²) in [4.78, 5) is 23.7. The van der Waals surface area contributed by atoms with Gasteiger partial charge in [0.25, 0.3) is 5.91 Å². The Labute approximate surface area is 170 Å². The quantitative estimate of drug-likeness (QED) is 0.578. The van der Waals surface area contributed by atoms with E-state index >= 15 is 0 Å². The second kappa shape index (κ2) is 10.1. The van der Waals surface area contributed by atoms with Crippen molar-refractivity contribution < 1.29 is 14.3 Å². The number of hydrogen-bond acceptors (Lipinski definition) is 3. The van der Waals surface area contributed by atoms with Gasteiger partial charge < -0.3 is 15.4 Å². The van der Waals surface area contributed by atoms with Gasteiger partial charge in [-0.3, -0.25) is 9.59 Å². The lowest BCUT2D eigenvalue weighted by Gasteiger charge is -2.20. The Bertz CT molecular complexity index is 886. The first kappa shape index (κ1) is 20.1. The topological polar surface area (TPSA) is 67.4 Å². The Hall–Kier alpha value is -3.60. The standard InChI is InChI=1S/C24H24N2O3/c1-18(27)25-16-17-29-22-14-12-21(13-15-22)24(28)26-23(19-8-4-2-5-9-19)20-10-6-3-7-11-20/h2-15,23H,16-17H2,1H3,(H,25,27)(H,26,28). The van der Waals surface area contributed by atoms with Crippen molar-refractivity contribution >= 4 is 11.8 Å². The summed E-state index contributed by atoms with van der Waals surface area (Å²) in [5.74, 6) is 0.397. The van der Waals surface area contributed by atoms with Gasteiger partial charge >= 0.3 is 0 Å². The highest BCUT2D eigenvalue weighted by Crippen LogP contribution is 2.22. The summed E-state index contributed by atoms with van der Waals surface area (Å²) in [6, 6.07) is 26.5. The number of amides is 2. The van der Waals surface area contributed by atoms with E-state index in [1.54, 1.807) is 24.3 Å². The fourth-order valence-electron chi connectivity index (χ4n) is 2.96. The van der Waals surface area contributed by atoms with Crippen molar-refractivity contribution in [2.45, 2.75) is 13.0 Å². The first-order valence-corrected chi connectivity index (χ1v) is 9.51. The predicted octanol–water partition coefficient (Wildman–Crippen LogP) is 3.72. The van der Waals surface area contributed by atoms with Crippen LogP contribution in [0.1, 0.15) is 34.5 Å². The van der Waals surface area contributed by atoms with Crippen molar-refractivity contribution in [3.05, 3.63) is 102 Å². The Morgan fingerprint density at radius 2 is 1.38 bits per heavy atom. The van der Waals surface area contributed by atoms with E-state index in [2.05, 4.69) is 10.6 Å². The van der Waals surface area contributed by atoms with Crippen LogP contribution in [-0.4, -0.2) is 25.0 Å². The van der Waals surface area contributed by atoms with E-state index in [0.29, 0.717) is 24.5 Å². The van der Waals surface area contributed by atoms with E-state index in [9.17, 15) is 9.59 Å². The molecular weight excluding hydrogens is 364 g/mol. The number of nitrogens with one attached hydrogen (secondary N) is 2. The number of carbonyl (C=O) groups excluding carboxylic acids is 2. The molecule has 0 saturated carbocycles. The molecular formula is C24H24N2O3. The molecule has 0 atom stereocenters. The highest BCUT2D eigenvalue weighted by molar-refractivity contribution is 5.94. The summed E-state index contributed by atoms with van der Waals surface area (Å²) in [5, 5.41) is 5.79. The number of hydrogen-bond donors (Lipinski definition) is 2. The molecule has 5 nitrogen and oxygen atoms in total. The molecule has 5 heteroatoms. The van der Waals surface area contributed by atoms with E-state index in [0.717, 1.165) is 11.1 Å². The smallest absolute Gasteiger partial charge is 0.252 e. The van der Waals surface area contributed by atoms with Crippen molar-refractivity contribution in [3.63, 3.8) is 0 Å². The molecule has 148 valence electrons. The summed E-state index contributed by atoms with van der Waals surface area (Å²) >= 11 is 0. The van der Waals surface area contributed by atoms with Crippen molar-refractivity contribution in [2.75, 3.05) is 13.2 Å². The van der Waals surface area contributed by atoms with Gasteiger partial charge in [-0.05, 0) is 35.4 Å². The van der Waals surface area contributed by atoms with Crippen LogP contribution in [0.4, 0.5) is 0 Å². The molecule has 2 amide bonds. The Balaban J connectivity index is 1.67. The van der Waals surface area contributed by atoms with Crippen LogP contribution in [0.25, 0.3) is 0 Å². The molecule has 2 N–H and O–H groups in total. The molecule has 29 heavy (non-hydrogen) atoms. The van der Waals surface area contributed by atoms with Gasteiger partial charge in [0.15, 0.2) is 0 Å². The molecule has 0 heterocycles. The molecule has 0 aliphatic heterocycles. The van der Waals surface area contributed by atoms with E-state index in [-0.39, 0.29) is 17.9 Å². The SMILES string of the molecule is CC(=O)NCCOc1ccc(C(=O)NC(c2ccccc2)c2ccccc2)cc1. The second-order valence-electron chi connectivity index (χ2n) is 6.58. The molecule has 0 fully saturated rings. The Morgan fingerprint density at radius 1 is 0.828 bits per heavy atom. The molecule has 0 bridgehead atoms. The van der Waals surface area contributed by atoms with Gasteiger partial charge in [-0.2, -0.15) is 0 Å². The molecule has 0 saturated heterocycles. The zero-order valence-electron chi connectivity index (χ0n) is 16.3. The van der Waals surface area contributed by atoms with Crippen LogP contribution in [0.2, 0.25) is 0 Å². The molecule has 0 unspecified atom stereocenters. The maximum Gasteiger partial charge on any atom is 0.252 e. The number of rotatable bonds is 8. The summed E-state index contributed by atoms with van der Waals surface area (Å²) < 4.78 is 5.56. The molecule has 0 radical (unpaired) electrons. The van der Waals surface area contributed by atoms with Gasteiger partial charge in [-0.1, -0.05) is 60.7 Å². The van der Waals surface area contributed by atoms with E-state index < -0.39 is 0 Å². The third kappa shape index (κ3) is 5.94. The normalized spacial score (nSPS) is 10.4. The van der Waals surface area contributed by atoms with Gasteiger partial charge in [-0.25, -0.2) is 0 Å². The maximum atomic E-state index is 12.8. The van der Waals surface area contributed by atoms with E-state index in [1.165, 1.54) is 6.92 Å². The largest absolute Gasteiger partial charge is 0.492 e.